The second-order valence-corrected chi connectivity index (χ2v) is 5.39. The standard InChI is InChI=1S/C19H17N3O3.CH4/c23-18(25-13-16-4-2-1-3-5-16)17-8-6-15(7-9-17)12-21-19(24)22-11-10-20-14-22;/h1-11,14H,12-13H2,(H,21,24);1H4. The van der Waals surface area contributed by atoms with Crippen molar-refractivity contribution >= 4 is 12.0 Å². The molecule has 3 rings (SSSR count). The first-order chi connectivity index (χ1) is 12.2. The molecule has 0 saturated carbocycles. The van der Waals surface area contributed by atoms with Crippen molar-refractivity contribution in [2.75, 3.05) is 0 Å². The van der Waals surface area contributed by atoms with E-state index >= 15 is 0 Å². The summed E-state index contributed by atoms with van der Waals surface area (Å²) in [6, 6.07) is 16.2. The minimum Gasteiger partial charge on any atom is -0.457 e. The highest BCUT2D eigenvalue weighted by atomic mass is 16.5. The van der Waals surface area contributed by atoms with Gasteiger partial charge in [-0.2, -0.15) is 0 Å². The number of aromatic nitrogens is 2. The number of hydrogen-bond donors (Lipinski definition) is 1. The predicted molar refractivity (Wildman–Crippen MR) is 98.6 cm³/mol. The van der Waals surface area contributed by atoms with Crippen LogP contribution in [0.15, 0.2) is 73.3 Å². The third kappa shape index (κ3) is 5.04. The fourth-order valence-electron chi connectivity index (χ4n) is 2.21. The van der Waals surface area contributed by atoms with E-state index < -0.39 is 0 Å². The monoisotopic (exact) mass is 351 g/mol. The minimum atomic E-state index is -0.377. The first-order valence-corrected chi connectivity index (χ1v) is 7.78. The molecule has 1 N–H and O–H groups in total. The van der Waals surface area contributed by atoms with Crippen molar-refractivity contribution in [1.82, 2.24) is 14.9 Å². The third-order valence-electron chi connectivity index (χ3n) is 3.59. The number of rotatable bonds is 5. The fraction of sp³-hybridized carbons (Fsp3) is 0.150. The molecule has 0 atom stereocenters. The molecule has 6 heteroatoms. The zero-order valence-corrected chi connectivity index (χ0v) is 13.5. The van der Waals surface area contributed by atoms with E-state index in [0.717, 1.165) is 11.1 Å². The SMILES string of the molecule is C.O=C(OCc1ccccc1)c1ccc(CNC(=O)n2ccnc2)cc1. The first-order valence-electron chi connectivity index (χ1n) is 7.78. The lowest BCUT2D eigenvalue weighted by molar-refractivity contribution is 0.0472. The summed E-state index contributed by atoms with van der Waals surface area (Å²) < 4.78 is 6.64. The van der Waals surface area contributed by atoms with Crippen LogP contribution in [0.4, 0.5) is 4.79 Å². The number of ether oxygens (including phenoxy) is 1. The molecule has 1 amide bonds. The molecule has 0 fully saturated rings. The van der Waals surface area contributed by atoms with Crippen LogP contribution >= 0.6 is 0 Å². The Kier molecular flexibility index (Phi) is 6.68. The zero-order valence-electron chi connectivity index (χ0n) is 13.5. The van der Waals surface area contributed by atoms with Gasteiger partial charge < -0.3 is 10.1 Å². The van der Waals surface area contributed by atoms with Crippen LogP contribution in [0.2, 0.25) is 0 Å². The Labute approximate surface area is 152 Å². The molecule has 0 spiro atoms. The van der Waals surface area contributed by atoms with Gasteiger partial charge in [0, 0.05) is 18.9 Å². The maximum Gasteiger partial charge on any atom is 0.338 e. The van der Waals surface area contributed by atoms with E-state index in [2.05, 4.69) is 10.3 Å². The average Bonchev–Trinajstić information content (AvgIpc) is 3.20. The van der Waals surface area contributed by atoms with Crippen LogP contribution in [-0.4, -0.2) is 21.6 Å². The van der Waals surface area contributed by atoms with E-state index in [1.165, 1.54) is 17.1 Å². The summed E-state index contributed by atoms with van der Waals surface area (Å²) in [6.45, 7) is 0.596. The Morgan fingerprint density at radius 3 is 2.38 bits per heavy atom. The van der Waals surface area contributed by atoms with Gasteiger partial charge in [0.1, 0.15) is 12.9 Å². The number of imidazole rings is 1. The molecule has 3 aromatic rings. The molecule has 0 aliphatic rings. The van der Waals surface area contributed by atoms with Crippen molar-refractivity contribution in [3.63, 3.8) is 0 Å². The van der Waals surface area contributed by atoms with Gasteiger partial charge in [0.15, 0.2) is 0 Å². The summed E-state index contributed by atoms with van der Waals surface area (Å²) in [6.07, 6.45) is 4.54. The highest BCUT2D eigenvalue weighted by Crippen LogP contribution is 2.08. The lowest BCUT2D eigenvalue weighted by Crippen LogP contribution is -2.27. The fourth-order valence-corrected chi connectivity index (χ4v) is 2.21. The quantitative estimate of drug-likeness (QED) is 0.712. The van der Waals surface area contributed by atoms with Crippen molar-refractivity contribution in [3.05, 3.63) is 90.0 Å². The molecular formula is C20H21N3O3. The number of nitrogens with zero attached hydrogens (tertiary/aromatic N) is 2. The molecule has 0 unspecified atom stereocenters. The molecule has 0 aliphatic carbocycles. The second kappa shape index (κ2) is 9.17. The Balaban J connectivity index is 0.00000243. The van der Waals surface area contributed by atoms with Gasteiger partial charge in [0.25, 0.3) is 0 Å². The van der Waals surface area contributed by atoms with E-state index in [4.69, 9.17) is 4.74 Å². The van der Waals surface area contributed by atoms with Gasteiger partial charge >= 0.3 is 12.0 Å². The van der Waals surface area contributed by atoms with Crippen molar-refractivity contribution < 1.29 is 14.3 Å². The van der Waals surface area contributed by atoms with Crippen molar-refractivity contribution in [2.45, 2.75) is 20.6 Å². The van der Waals surface area contributed by atoms with Gasteiger partial charge in [-0.1, -0.05) is 49.9 Å². The normalized spacial score (nSPS) is 9.85. The molecule has 0 radical (unpaired) electrons. The average molecular weight is 351 g/mol. The molecule has 0 aliphatic heterocycles. The highest BCUT2D eigenvalue weighted by Gasteiger charge is 2.08. The topological polar surface area (TPSA) is 73.2 Å². The molecule has 1 aromatic heterocycles. The molecule has 26 heavy (non-hydrogen) atoms. The minimum absolute atomic E-state index is 0. The number of benzene rings is 2. The van der Waals surface area contributed by atoms with Gasteiger partial charge in [-0.3, -0.25) is 4.57 Å². The van der Waals surface area contributed by atoms with Crippen LogP contribution in [-0.2, 0) is 17.9 Å². The molecule has 134 valence electrons. The molecule has 0 saturated heterocycles. The summed E-state index contributed by atoms with van der Waals surface area (Å²) in [4.78, 5) is 27.7. The summed E-state index contributed by atoms with van der Waals surface area (Å²) in [5.74, 6) is -0.377. The van der Waals surface area contributed by atoms with Crippen molar-refractivity contribution in [2.24, 2.45) is 0 Å². The van der Waals surface area contributed by atoms with E-state index in [9.17, 15) is 9.59 Å². The number of amides is 1. The second-order valence-electron chi connectivity index (χ2n) is 5.39. The summed E-state index contributed by atoms with van der Waals surface area (Å²) in [5.41, 5.74) is 2.29. The summed E-state index contributed by atoms with van der Waals surface area (Å²) in [7, 11) is 0. The number of carbonyl (C=O) groups excluding carboxylic acids is 2. The van der Waals surface area contributed by atoms with Crippen LogP contribution in [0.25, 0.3) is 0 Å². The summed E-state index contributed by atoms with van der Waals surface area (Å²) >= 11 is 0. The van der Waals surface area contributed by atoms with Gasteiger partial charge in [-0.25, -0.2) is 14.6 Å². The lowest BCUT2D eigenvalue weighted by Gasteiger charge is -2.07. The highest BCUT2D eigenvalue weighted by molar-refractivity contribution is 5.89. The van der Waals surface area contributed by atoms with E-state index in [0.29, 0.717) is 12.1 Å². The number of nitrogens with one attached hydrogen (secondary N) is 1. The number of hydrogen-bond acceptors (Lipinski definition) is 4. The van der Waals surface area contributed by atoms with Gasteiger partial charge in [0.2, 0.25) is 0 Å². The molecule has 0 bridgehead atoms. The Bertz CT molecular complexity index is 829. The lowest BCUT2D eigenvalue weighted by atomic mass is 10.1. The van der Waals surface area contributed by atoms with Gasteiger partial charge in [0.05, 0.1) is 5.56 Å². The maximum atomic E-state index is 12.0. The van der Waals surface area contributed by atoms with Crippen LogP contribution in [0.1, 0.15) is 28.9 Å². The van der Waals surface area contributed by atoms with Crippen molar-refractivity contribution in [3.8, 4) is 0 Å². The summed E-state index contributed by atoms with van der Waals surface area (Å²) in [5, 5.41) is 2.76. The smallest absolute Gasteiger partial charge is 0.338 e. The molecule has 1 heterocycles. The third-order valence-corrected chi connectivity index (χ3v) is 3.59. The number of carbonyl (C=O) groups is 2. The van der Waals surface area contributed by atoms with Crippen LogP contribution in [0.3, 0.4) is 0 Å². The molecular weight excluding hydrogens is 330 g/mol. The van der Waals surface area contributed by atoms with Crippen molar-refractivity contribution in [1.29, 1.82) is 0 Å². The van der Waals surface area contributed by atoms with Crippen LogP contribution < -0.4 is 5.32 Å². The van der Waals surface area contributed by atoms with Crippen LogP contribution in [0, 0.1) is 0 Å². The van der Waals surface area contributed by atoms with E-state index in [1.54, 1.807) is 30.5 Å². The van der Waals surface area contributed by atoms with E-state index in [-0.39, 0.29) is 26.0 Å². The first kappa shape index (κ1) is 18.9. The van der Waals surface area contributed by atoms with E-state index in [1.807, 2.05) is 30.3 Å². The Hall–Kier alpha value is -3.41. The molecule has 2 aromatic carbocycles. The van der Waals surface area contributed by atoms with Crippen LogP contribution in [0.5, 0.6) is 0 Å². The van der Waals surface area contributed by atoms with Gasteiger partial charge in [-0.15, -0.1) is 0 Å². The Morgan fingerprint density at radius 2 is 1.73 bits per heavy atom. The number of esters is 1. The zero-order chi connectivity index (χ0) is 17.5. The predicted octanol–water partition coefficient (Wildman–Crippen LogP) is 3.63. The largest absolute Gasteiger partial charge is 0.457 e. The Morgan fingerprint density at radius 1 is 1.00 bits per heavy atom. The molecule has 6 nitrogen and oxygen atoms in total. The van der Waals surface area contributed by atoms with Gasteiger partial charge in [-0.05, 0) is 23.3 Å². The maximum absolute atomic E-state index is 12.0.